The molecular formula is C21H28Cl2FN3O6. The highest BCUT2D eigenvalue weighted by molar-refractivity contribution is 6.33. The van der Waals surface area contributed by atoms with Crippen molar-refractivity contribution in [3.8, 4) is 11.3 Å². The number of carbonyl (C=O) groups excluding carboxylic acids is 2. The molecular weight excluding hydrogens is 480 g/mol. The summed E-state index contributed by atoms with van der Waals surface area (Å²) in [5, 5.41) is 14.8. The summed E-state index contributed by atoms with van der Waals surface area (Å²) in [6.45, 7) is 3.90. The number of esters is 1. The van der Waals surface area contributed by atoms with Gasteiger partial charge < -0.3 is 25.4 Å². The van der Waals surface area contributed by atoms with Crippen LogP contribution in [0.15, 0.2) is 22.7 Å². The molecule has 2 rings (SSSR count). The van der Waals surface area contributed by atoms with Gasteiger partial charge in [0.2, 0.25) is 0 Å². The van der Waals surface area contributed by atoms with Crippen molar-refractivity contribution in [1.29, 1.82) is 0 Å². The van der Waals surface area contributed by atoms with Crippen molar-refractivity contribution in [2.45, 2.75) is 33.1 Å². The molecule has 1 unspecified atom stereocenters. The summed E-state index contributed by atoms with van der Waals surface area (Å²) < 4.78 is 23.6. The Morgan fingerprint density at radius 3 is 2.55 bits per heavy atom. The number of ether oxygens (including phenoxy) is 1. The predicted molar refractivity (Wildman–Crippen MR) is 123 cm³/mol. The molecule has 0 radical (unpaired) electrons. The number of nitrogens with two attached hydrogens (primary N) is 1. The molecule has 1 atom stereocenters. The number of amides is 1. The maximum atomic E-state index is 14.1. The van der Waals surface area contributed by atoms with Crippen molar-refractivity contribution in [3.63, 3.8) is 0 Å². The number of carboxylic acid groups (broad SMARTS) is 1. The van der Waals surface area contributed by atoms with Gasteiger partial charge in [-0.3, -0.25) is 14.4 Å². The molecule has 184 valence electrons. The molecule has 1 aromatic carbocycles. The Kier molecular flexibility index (Phi) is 14.0. The van der Waals surface area contributed by atoms with E-state index >= 15 is 0 Å². The highest BCUT2D eigenvalue weighted by atomic mass is 35.5. The lowest BCUT2D eigenvalue weighted by atomic mass is 10.0. The Morgan fingerprint density at radius 1 is 1.36 bits per heavy atom. The summed E-state index contributed by atoms with van der Waals surface area (Å²) in [6, 6.07) is 4.19. The quantitative estimate of drug-likeness (QED) is 0.344. The van der Waals surface area contributed by atoms with Crippen LogP contribution in [0, 0.1) is 18.7 Å². The fourth-order valence-electron chi connectivity index (χ4n) is 2.53. The molecule has 0 spiro atoms. The molecule has 0 fully saturated rings. The predicted octanol–water partition coefficient (Wildman–Crippen LogP) is 3.60. The highest BCUT2D eigenvalue weighted by Crippen LogP contribution is 2.33. The summed E-state index contributed by atoms with van der Waals surface area (Å²) in [7, 11) is 1.30. The first-order valence-electron chi connectivity index (χ1n) is 9.82. The Balaban J connectivity index is 0.000000978. The van der Waals surface area contributed by atoms with E-state index in [0.29, 0.717) is 19.4 Å². The smallest absolute Gasteiger partial charge is 0.306 e. The van der Waals surface area contributed by atoms with Crippen LogP contribution < -0.4 is 11.1 Å². The van der Waals surface area contributed by atoms with Gasteiger partial charge in [0.05, 0.1) is 23.6 Å². The van der Waals surface area contributed by atoms with Crippen molar-refractivity contribution >= 4 is 41.9 Å². The lowest BCUT2D eigenvalue weighted by Crippen LogP contribution is -2.25. The zero-order valence-corrected chi connectivity index (χ0v) is 20.1. The fourth-order valence-corrected chi connectivity index (χ4v) is 2.79. The van der Waals surface area contributed by atoms with Gasteiger partial charge in [0, 0.05) is 13.0 Å². The molecule has 0 aliphatic rings. The van der Waals surface area contributed by atoms with Crippen LogP contribution in [0.2, 0.25) is 5.02 Å². The van der Waals surface area contributed by atoms with E-state index in [0.717, 1.165) is 0 Å². The van der Waals surface area contributed by atoms with Crippen molar-refractivity contribution in [1.82, 2.24) is 10.5 Å². The molecule has 0 saturated heterocycles. The van der Waals surface area contributed by atoms with Gasteiger partial charge in [-0.15, -0.1) is 12.4 Å². The van der Waals surface area contributed by atoms with Gasteiger partial charge in [-0.2, -0.15) is 0 Å². The Morgan fingerprint density at radius 2 is 2.03 bits per heavy atom. The van der Waals surface area contributed by atoms with Crippen LogP contribution in [0.3, 0.4) is 0 Å². The van der Waals surface area contributed by atoms with Gasteiger partial charge in [0.1, 0.15) is 22.8 Å². The minimum absolute atomic E-state index is 0. The maximum Gasteiger partial charge on any atom is 0.306 e. The van der Waals surface area contributed by atoms with Gasteiger partial charge >= 0.3 is 11.9 Å². The van der Waals surface area contributed by atoms with Crippen molar-refractivity contribution in [3.05, 3.63) is 40.4 Å². The monoisotopic (exact) mass is 507 g/mol. The minimum Gasteiger partial charge on any atom is -0.481 e. The second-order valence-corrected chi connectivity index (χ2v) is 7.22. The number of hydrogen-bond acceptors (Lipinski definition) is 7. The number of rotatable bonds is 9. The average molecular weight is 508 g/mol. The number of halogens is 3. The summed E-state index contributed by atoms with van der Waals surface area (Å²) >= 11 is 6.02. The van der Waals surface area contributed by atoms with Crippen LogP contribution in [0.4, 0.5) is 4.39 Å². The molecule has 33 heavy (non-hydrogen) atoms. The topological polar surface area (TPSA) is 145 Å². The summed E-state index contributed by atoms with van der Waals surface area (Å²) in [6.07, 6.45) is 1.17. The van der Waals surface area contributed by atoms with E-state index in [1.807, 2.05) is 0 Å². The lowest BCUT2D eigenvalue weighted by Gasteiger charge is -2.07. The molecule has 1 aromatic heterocycles. The standard InChI is InChI=1S/C16H16ClFN2O4.C5H11NO2.ClH/c1-9-13(16(22)19-8-4-7-12(21)23-2)15(20-24-9)14-10(17)5-3-6-11(14)18;1-4(2-3-6)5(7)8;/h3,5-6H,4,7-8H2,1-2H3,(H,19,22);4H,2-3,6H2,1H3,(H,7,8);1H. The van der Waals surface area contributed by atoms with E-state index in [-0.39, 0.29) is 64.9 Å². The third-order valence-corrected chi connectivity index (χ3v) is 4.70. The number of benzene rings is 1. The van der Waals surface area contributed by atoms with Crippen LogP contribution in [-0.4, -0.2) is 48.3 Å². The van der Waals surface area contributed by atoms with E-state index in [1.54, 1.807) is 13.8 Å². The first-order chi connectivity index (χ1) is 15.1. The van der Waals surface area contributed by atoms with Crippen LogP contribution in [-0.2, 0) is 14.3 Å². The number of nitrogens with one attached hydrogen (secondary N) is 1. The zero-order valence-electron chi connectivity index (χ0n) is 18.5. The normalized spacial score (nSPS) is 10.8. The SMILES string of the molecule is CC(CCN)C(=O)O.COC(=O)CCCNC(=O)c1c(-c2c(F)cccc2Cl)noc1C.Cl. The molecule has 1 heterocycles. The van der Waals surface area contributed by atoms with Crippen molar-refractivity contribution in [2.75, 3.05) is 20.2 Å². The number of carbonyl (C=O) groups is 3. The first kappa shape index (κ1) is 30.3. The van der Waals surface area contributed by atoms with E-state index in [2.05, 4.69) is 15.2 Å². The number of methoxy groups -OCH3 is 1. The average Bonchev–Trinajstić information content (AvgIpc) is 3.12. The summed E-state index contributed by atoms with van der Waals surface area (Å²) in [5.74, 6) is -2.25. The second-order valence-electron chi connectivity index (χ2n) is 6.81. The molecule has 1 amide bonds. The van der Waals surface area contributed by atoms with Gasteiger partial charge in [-0.1, -0.05) is 29.7 Å². The zero-order chi connectivity index (χ0) is 24.3. The largest absolute Gasteiger partial charge is 0.481 e. The fraction of sp³-hybridized carbons (Fsp3) is 0.429. The van der Waals surface area contributed by atoms with Crippen LogP contribution >= 0.6 is 24.0 Å². The molecule has 0 aliphatic heterocycles. The van der Waals surface area contributed by atoms with Gasteiger partial charge in [0.15, 0.2) is 0 Å². The second kappa shape index (κ2) is 15.2. The number of carboxylic acids is 1. The number of nitrogens with zero attached hydrogens (tertiary/aromatic N) is 1. The van der Waals surface area contributed by atoms with E-state index in [4.69, 9.17) is 27.0 Å². The molecule has 0 bridgehead atoms. The third-order valence-electron chi connectivity index (χ3n) is 4.38. The van der Waals surface area contributed by atoms with E-state index < -0.39 is 17.7 Å². The lowest BCUT2D eigenvalue weighted by molar-refractivity contribution is -0.141. The van der Waals surface area contributed by atoms with Crippen molar-refractivity contribution < 1.29 is 33.1 Å². The number of aryl methyl sites for hydroxylation is 1. The minimum atomic E-state index is -0.768. The Bertz CT molecular complexity index is 918. The maximum absolute atomic E-state index is 14.1. The van der Waals surface area contributed by atoms with Gasteiger partial charge in [0.25, 0.3) is 5.91 Å². The highest BCUT2D eigenvalue weighted by Gasteiger charge is 2.25. The van der Waals surface area contributed by atoms with E-state index in [9.17, 15) is 18.8 Å². The van der Waals surface area contributed by atoms with Crippen LogP contribution in [0.1, 0.15) is 42.3 Å². The molecule has 0 saturated carbocycles. The van der Waals surface area contributed by atoms with Gasteiger partial charge in [-0.05, 0) is 38.4 Å². The molecule has 4 N–H and O–H groups in total. The molecule has 12 heteroatoms. The van der Waals surface area contributed by atoms with Gasteiger partial charge in [-0.25, -0.2) is 4.39 Å². The van der Waals surface area contributed by atoms with Crippen LogP contribution in [0.25, 0.3) is 11.3 Å². The summed E-state index contributed by atoms with van der Waals surface area (Å²) in [5.41, 5.74) is 5.27. The van der Waals surface area contributed by atoms with Crippen LogP contribution in [0.5, 0.6) is 0 Å². The first-order valence-corrected chi connectivity index (χ1v) is 10.2. The number of hydrogen-bond donors (Lipinski definition) is 3. The molecule has 0 aliphatic carbocycles. The summed E-state index contributed by atoms with van der Waals surface area (Å²) in [4.78, 5) is 33.4. The third kappa shape index (κ3) is 9.37. The van der Waals surface area contributed by atoms with E-state index in [1.165, 1.54) is 25.3 Å². The molecule has 9 nitrogen and oxygen atoms in total. The number of aliphatic carboxylic acids is 1. The Labute approximate surface area is 202 Å². The van der Waals surface area contributed by atoms with Crippen molar-refractivity contribution in [2.24, 2.45) is 11.7 Å². The molecule has 2 aromatic rings. The Hall–Kier alpha value is -2.69. The number of aromatic nitrogens is 1.